The first-order chi connectivity index (χ1) is 10.4. The second-order valence-electron chi connectivity index (χ2n) is 6.09. The van der Waals surface area contributed by atoms with Gasteiger partial charge in [0.2, 0.25) is 0 Å². The monoisotopic (exact) mass is 437 g/mol. The van der Waals surface area contributed by atoms with Gasteiger partial charge in [-0.3, -0.25) is 4.99 Å². The molecule has 0 spiro atoms. The Balaban J connectivity index is 0.00000484. The van der Waals surface area contributed by atoms with Crippen LogP contribution in [0.4, 0.5) is 4.39 Å². The number of aliphatic imine (C=N–C) groups is 1. The van der Waals surface area contributed by atoms with Crippen LogP contribution in [0.2, 0.25) is 0 Å². The number of hydrogen-bond donors (Lipinski definition) is 2. The molecule has 0 fully saturated rings. The highest BCUT2D eigenvalue weighted by atomic mass is 127. The number of nitrogens with one attached hydrogen (secondary N) is 2. The van der Waals surface area contributed by atoms with E-state index in [1.807, 2.05) is 26.0 Å². The minimum atomic E-state index is -0.216. The van der Waals surface area contributed by atoms with Crippen molar-refractivity contribution in [1.82, 2.24) is 10.6 Å². The molecular formula is C17H29FIN3O. The molecule has 4 nitrogen and oxygen atoms in total. The van der Waals surface area contributed by atoms with Gasteiger partial charge in [0, 0.05) is 25.1 Å². The van der Waals surface area contributed by atoms with Gasteiger partial charge in [0.1, 0.15) is 5.82 Å². The molecule has 0 aliphatic heterocycles. The number of nitrogens with zero attached hydrogens (tertiary/aromatic N) is 1. The minimum Gasteiger partial charge on any atom is -0.383 e. The Hall–Kier alpha value is -0.890. The van der Waals surface area contributed by atoms with Crippen molar-refractivity contribution in [3.8, 4) is 0 Å². The van der Waals surface area contributed by atoms with E-state index in [2.05, 4.69) is 29.5 Å². The Kier molecular flexibility index (Phi) is 10.4. The molecule has 0 saturated heterocycles. The largest absolute Gasteiger partial charge is 0.383 e. The lowest BCUT2D eigenvalue weighted by atomic mass is 9.85. The zero-order valence-corrected chi connectivity index (χ0v) is 17.0. The van der Waals surface area contributed by atoms with E-state index < -0.39 is 0 Å². The molecule has 0 saturated carbocycles. The fraction of sp³-hybridized carbons (Fsp3) is 0.588. The van der Waals surface area contributed by atoms with Gasteiger partial charge in [-0.2, -0.15) is 0 Å². The maximum Gasteiger partial charge on any atom is 0.191 e. The molecule has 23 heavy (non-hydrogen) atoms. The molecule has 0 heterocycles. The van der Waals surface area contributed by atoms with Crippen molar-refractivity contribution in [3.63, 3.8) is 0 Å². The Morgan fingerprint density at radius 3 is 2.43 bits per heavy atom. The van der Waals surface area contributed by atoms with Crippen LogP contribution in [0.3, 0.4) is 0 Å². The van der Waals surface area contributed by atoms with Gasteiger partial charge in [0.15, 0.2) is 5.96 Å². The smallest absolute Gasteiger partial charge is 0.191 e. The molecule has 1 unspecified atom stereocenters. The normalized spacial score (nSPS) is 13.2. The Bertz CT molecular complexity index is 477. The van der Waals surface area contributed by atoms with E-state index in [0.717, 1.165) is 18.1 Å². The van der Waals surface area contributed by atoms with Crippen molar-refractivity contribution in [3.05, 3.63) is 35.6 Å². The second-order valence-corrected chi connectivity index (χ2v) is 6.09. The summed E-state index contributed by atoms with van der Waals surface area (Å²) in [5.41, 5.74) is 0.902. The van der Waals surface area contributed by atoms with Gasteiger partial charge < -0.3 is 15.4 Å². The maximum atomic E-state index is 13.0. The van der Waals surface area contributed by atoms with Crippen LogP contribution in [0.15, 0.2) is 29.3 Å². The van der Waals surface area contributed by atoms with Gasteiger partial charge in [0.25, 0.3) is 0 Å². The molecule has 6 heteroatoms. The Morgan fingerprint density at radius 1 is 1.30 bits per heavy atom. The standard InChI is InChI=1S/C17H28FN3O.HI/c1-6-19-16(21-13(2)11-22-5)20-12-17(3,4)14-7-9-15(18)10-8-14;/h7-10,13H,6,11-12H2,1-5H3,(H2,19,20,21);1H. The number of hydrogen-bond acceptors (Lipinski definition) is 2. The van der Waals surface area contributed by atoms with E-state index in [0.29, 0.717) is 13.2 Å². The fourth-order valence-corrected chi connectivity index (χ4v) is 2.11. The average molecular weight is 437 g/mol. The third-order valence-corrected chi connectivity index (χ3v) is 3.40. The fourth-order valence-electron chi connectivity index (χ4n) is 2.11. The summed E-state index contributed by atoms with van der Waals surface area (Å²) in [4.78, 5) is 4.65. The first kappa shape index (κ1) is 22.1. The molecule has 0 aromatic heterocycles. The minimum absolute atomic E-state index is 0. The van der Waals surface area contributed by atoms with E-state index in [1.54, 1.807) is 7.11 Å². The molecule has 0 amide bonds. The summed E-state index contributed by atoms with van der Waals surface area (Å²) in [7, 11) is 1.68. The zero-order valence-electron chi connectivity index (χ0n) is 14.6. The molecule has 0 radical (unpaired) electrons. The van der Waals surface area contributed by atoms with Crippen LogP contribution in [-0.4, -0.2) is 38.8 Å². The number of methoxy groups -OCH3 is 1. The Morgan fingerprint density at radius 2 is 1.91 bits per heavy atom. The van der Waals surface area contributed by atoms with Gasteiger partial charge >= 0.3 is 0 Å². The maximum absolute atomic E-state index is 13.0. The molecule has 0 bridgehead atoms. The lowest BCUT2D eigenvalue weighted by Gasteiger charge is -2.24. The average Bonchev–Trinajstić information content (AvgIpc) is 2.46. The van der Waals surface area contributed by atoms with Gasteiger partial charge in [-0.1, -0.05) is 26.0 Å². The predicted octanol–water partition coefficient (Wildman–Crippen LogP) is 3.31. The predicted molar refractivity (Wildman–Crippen MR) is 105 cm³/mol. The summed E-state index contributed by atoms with van der Waals surface area (Å²) >= 11 is 0. The van der Waals surface area contributed by atoms with Gasteiger partial charge in [-0.25, -0.2) is 4.39 Å². The van der Waals surface area contributed by atoms with E-state index in [-0.39, 0.29) is 41.3 Å². The van der Waals surface area contributed by atoms with E-state index in [4.69, 9.17) is 4.74 Å². The summed E-state index contributed by atoms with van der Waals surface area (Å²) in [5, 5.41) is 6.53. The number of ether oxygens (including phenoxy) is 1. The molecule has 1 aromatic carbocycles. The van der Waals surface area contributed by atoms with Gasteiger partial charge in [-0.05, 0) is 31.5 Å². The summed E-state index contributed by atoms with van der Waals surface area (Å²) in [6.45, 7) is 10.3. The molecule has 2 N–H and O–H groups in total. The highest BCUT2D eigenvalue weighted by Gasteiger charge is 2.20. The molecule has 1 atom stereocenters. The van der Waals surface area contributed by atoms with Crippen molar-refractivity contribution >= 4 is 29.9 Å². The molecule has 132 valence electrons. The number of guanidine groups is 1. The summed E-state index contributed by atoms with van der Waals surface area (Å²) < 4.78 is 18.2. The van der Waals surface area contributed by atoms with Crippen molar-refractivity contribution < 1.29 is 9.13 Å². The highest BCUT2D eigenvalue weighted by molar-refractivity contribution is 14.0. The first-order valence-corrected chi connectivity index (χ1v) is 7.69. The van der Waals surface area contributed by atoms with Crippen LogP contribution < -0.4 is 10.6 Å². The van der Waals surface area contributed by atoms with E-state index >= 15 is 0 Å². The van der Waals surface area contributed by atoms with Crippen molar-refractivity contribution in [2.75, 3.05) is 26.8 Å². The van der Waals surface area contributed by atoms with Crippen LogP contribution in [0, 0.1) is 5.82 Å². The van der Waals surface area contributed by atoms with Crippen LogP contribution in [0.25, 0.3) is 0 Å². The molecule has 1 aromatic rings. The Labute approximate surface area is 156 Å². The topological polar surface area (TPSA) is 45.7 Å². The lowest BCUT2D eigenvalue weighted by molar-refractivity contribution is 0.179. The first-order valence-electron chi connectivity index (χ1n) is 7.69. The van der Waals surface area contributed by atoms with Gasteiger partial charge in [0.05, 0.1) is 13.2 Å². The van der Waals surface area contributed by atoms with Crippen molar-refractivity contribution in [1.29, 1.82) is 0 Å². The third kappa shape index (κ3) is 7.97. The number of halogens is 2. The SMILES string of the molecule is CCNC(=NCC(C)(C)c1ccc(F)cc1)NC(C)COC.I. The summed E-state index contributed by atoms with van der Waals surface area (Å²) in [6, 6.07) is 6.80. The quantitative estimate of drug-likeness (QED) is 0.391. The van der Waals surface area contributed by atoms with Crippen molar-refractivity contribution in [2.24, 2.45) is 4.99 Å². The molecule has 1 rings (SSSR count). The van der Waals surface area contributed by atoms with Crippen LogP contribution in [-0.2, 0) is 10.2 Å². The third-order valence-electron chi connectivity index (χ3n) is 3.40. The molecular weight excluding hydrogens is 408 g/mol. The van der Waals surface area contributed by atoms with E-state index in [1.165, 1.54) is 12.1 Å². The summed E-state index contributed by atoms with van der Waals surface area (Å²) in [6.07, 6.45) is 0. The zero-order chi connectivity index (χ0) is 16.6. The number of rotatable bonds is 7. The molecule has 0 aliphatic rings. The highest BCUT2D eigenvalue weighted by Crippen LogP contribution is 2.23. The van der Waals surface area contributed by atoms with Gasteiger partial charge in [-0.15, -0.1) is 24.0 Å². The number of benzene rings is 1. The second kappa shape index (κ2) is 10.8. The molecule has 0 aliphatic carbocycles. The van der Waals surface area contributed by atoms with Crippen LogP contribution >= 0.6 is 24.0 Å². The summed E-state index contributed by atoms with van der Waals surface area (Å²) in [5.74, 6) is 0.550. The van der Waals surface area contributed by atoms with Crippen molar-refractivity contribution in [2.45, 2.75) is 39.2 Å². The van der Waals surface area contributed by atoms with Crippen LogP contribution in [0.5, 0.6) is 0 Å². The lowest BCUT2D eigenvalue weighted by Crippen LogP contribution is -2.44. The van der Waals surface area contributed by atoms with E-state index in [9.17, 15) is 4.39 Å². The van der Waals surface area contributed by atoms with Crippen LogP contribution in [0.1, 0.15) is 33.3 Å².